The zero-order valence-corrected chi connectivity index (χ0v) is 14.7. The first-order valence-corrected chi connectivity index (χ1v) is 7.83. The van der Waals surface area contributed by atoms with Crippen molar-refractivity contribution in [2.75, 3.05) is 24.3 Å². The van der Waals surface area contributed by atoms with E-state index in [0.29, 0.717) is 27.3 Å². The molecule has 2 heterocycles. The van der Waals surface area contributed by atoms with Crippen molar-refractivity contribution in [3.63, 3.8) is 0 Å². The molecule has 0 radical (unpaired) electrons. The summed E-state index contributed by atoms with van der Waals surface area (Å²) in [7, 11) is 5.72. The van der Waals surface area contributed by atoms with Crippen molar-refractivity contribution >= 4 is 39.9 Å². The lowest BCUT2D eigenvalue weighted by atomic mass is 10.2. The zero-order chi connectivity index (χ0) is 17.4. The van der Waals surface area contributed by atoms with E-state index in [-0.39, 0.29) is 5.91 Å². The number of aryl methyl sites for hydroxylation is 2. The van der Waals surface area contributed by atoms with Gasteiger partial charge < -0.3 is 10.2 Å². The van der Waals surface area contributed by atoms with Crippen LogP contribution in [0.1, 0.15) is 16.1 Å². The van der Waals surface area contributed by atoms with E-state index in [1.807, 2.05) is 50.2 Å². The molecule has 0 fully saturated rings. The molecule has 1 amide bonds. The molecule has 3 rings (SSSR count). The third-order valence-electron chi connectivity index (χ3n) is 3.85. The molecular weight excluding hydrogens is 326 g/mol. The average Bonchev–Trinajstić information content (AvgIpc) is 2.83. The Labute approximate surface area is 145 Å². The van der Waals surface area contributed by atoms with Crippen LogP contribution >= 0.6 is 11.6 Å². The SMILES string of the molecule is Cc1nn(C)c2ncc(C(=O)Nc3ccc(N(C)C)cc3)c(Cl)c12. The first-order chi connectivity index (χ1) is 11.4. The van der Waals surface area contributed by atoms with Gasteiger partial charge >= 0.3 is 0 Å². The number of benzene rings is 1. The van der Waals surface area contributed by atoms with Gasteiger partial charge in [-0.25, -0.2) is 4.98 Å². The van der Waals surface area contributed by atoms with Gasteiger partial charge in [0.15, 0.2) is 5.65 Å². The highest BCUT2D eigenvalue weighted by molar-refractivity contribution is 6.39. The van der Waals surface area contributed by atoms with E-state index in [9.17, 15) is 4.79 Å². The third kappa shape index (κ3) is 2.80. The normalized spacial score (nSPS) is 10.9. The summed E-state index contributed by atoms with van der Waals surface area (Å²) in [5, 5.41) is 8.21. The van der Waals surface area contributed by atoms with E-state index in [0.717, 1.165) is 11.4 Å². The number of nitrogens with zero attached hydrogens (tertiary/aromatic N) is 4. The van der Waals surface area contributed by atoms with Gasteiger partial charge in [-0.2, -0.15) is 5.10 Å². The van der Waals surface area contributed by atoms with E-state index in [4.69, 9.17) is 11.6 Å². The number of anilines is 2. The van der Waals surface area contributed by atoms with Crippen molar-refractivity contribution in [2.24, 2.45) is 7.05 Å². The van der Waals surface area contributed by atoms with Gasteiger partial charge in [0.25, 0.3) is 5.91 Å². The van der Waals surface area contributed by atoms with Gasteiger partial charge in [0.1, 0.15) is 0 Å². The van der Waals surface area contributed by atoms with Gasteiger partial charge in [0.05, 0.1) is 21.7 Å². The second kappa shape index (κ2) is 6.13. The molecule has 1 N–H and O–H groups in total. The second-order valence-corrected chi connectivity index (χ2v) is 6.17. The van der Waals surface area contributed by atoms with Crippen molar-refractivity contribution in [3.05, 3.63) is 46.7 Å². The number of hydrogen-bond donors (Lipinski definition) is 1. The number of amides is 1. The lowest BCUT2D eigenvalue weighted by Crippen LogP contribution is -2.13. The van der Waals surface area contributed by atoms with E-state index in [2.05, 4.69) is 15.4 Å². The molecule has 0 unspecified atom stereocenters. The average molecular weight is 344 g/mol. The van der Waals surface area contributed by atoms with Crippen LogP contribution in [0.5, 0.6) is 0 Å². The number of fused-ring (bicyclic) bond motifs is 1. The van der Waals surface area contributed by atoms with Crippen LogP contribution in [0.4, 0.5) is 11.4 Å². The minimum Gasteiger partial charge on any atom is -0.378 e. The molecule has 2 aromatic heterocycles. The van der Waals surface area contributed by atoms with E-state index in [1.54, 1.807) is 11.7 Å². The monoisotopic (exact) mass is 343 g/mol. The van der Waals surface area contributed by atoms with Gasteiger partial charge in [-0.05, 0) is 31.2 Å². The van der Waals surface area contributed by atoms with Gasteiger partial charge in [-0.15, -0.1) is 0 Å². The van der Waals surface area contributed by atoms with Crippen LogP contribution in [0.25, 0.3) is 11.0 Å². The Morgan fingerprint density at radius 1 is 1.25 bits per heavy atom. The van der Waals surface area contributed by atoms with Crippen LogP contribution in [0.3, 0.4) is 0 Å². The molecular formula is C17H18ClN5O. The lowest BCUT2D eigenvalue weighted by Gasteiger charge is -2.13. The molecule has 3 aromatic rings. The van der Waals surface area contributed by atoms with Gasteiger partial charge in [0, 0.05) is 38.7 Å². The Morgan fingerprint density at radius 2 is 1.92 bits per heavy atom. The van der Waals surface area contributed by atoms with Gasteiger partial charge in [-0.3, -0.25) is 9.48 Å². The topological polar surface area (TPSA) is 63.1 Å². The highest BCUT2D eigenvalue weighted by Gasteiger charge is 2.18. The fourth-order valence-corrected chi connectivity index (χ4v) is 2.92. The highest BCUT2D eigenvalue weighted by Crippen LogP contribution is 2.28. The number of nitrogens with one attached hydrogen (secondary N) is 1. The second-order valence-electron chi connectivity index (χ2n) is 5.79. The molecule has 0 saturated carbocycles. The number of aromatic nitrogens is 3. The van der Waals surface area contributed by atoms with E-state index < -0.39 is 0 Å². The van der Waals surface area contributed by atoms with E-state index >= 15 is 0 Å². The van der Waals surface area contributed by atoms with Gasteiger partial charge in [-0.1, -0.05) is 11.6 Å². The summed E-state index contributed by atoms with van der Waals surface area (Å²) < 4.78 is 1.65. The number of halogens is 1. The summed E-state index contributed by atoms with van der Waals surface area (Å²) in [4.78, 5) is 18.8. The molecule has 0 aliphatic heterocycles. The summed E-state index contributed by atoms with van der Waals surface area (Å²) in [6, 6.07) is 7.57. The summed E-state index contributed by atoms with van der Waals surface area (Å²) in [5.41, 5.74) is 3.49. The first kappa shape index (κ1) is 16.3. The Hall–Kier alpha value is -2.60. The maximum absolute atomic E-state index is 12.5. The molecule has 0 atom stereocenters. The minimum absolute atomic E-state index is 0.296. The van der Waals surface area contributed by atoms with Crippen molar-refractivity contribution in [2.45, 2.75) is 6.92 Å². The van der Waals surface area contributed by atoms with Gasteiger partial charge in [0.2, 0.25) is 0 Å². The standard InChI is InChI=1S/C17H18ClN5O/c1-10-14-15(18)13(9-19-16(14)23(4)21-10)17(24)20-11-5-7-12(8-6-11)22(2)3/h5-9H,1-4H3,(H,20,24). The van der Waals surface area contributed by atoms with Crippen LogP contribution < -0.4 is 10.2 Å². The van der Waals surface area contributed by atoms with Crippen LogP contribution in [0, 0.1) is 6.92 Å². The molecule has 0 aliphatic carbocycles. The van der Waals surface area contributed by atoms with Crippen LogP contribution in [-0.4, -0.2) is 34.8 Å². The molecule has 7 heteroatoms. The molecule has 1 aromatic carbocycles. The smallest absolute Gasteiger partial charge is 0.258 e. The summed E-state index contributed by atoms with van der Waals surface area (Å²) in [5.74, 6) is -0.296. The Kier molecular flexibility index (Phi) is 4.15. The molecule has 6 nitrogen and oxygen atoms in total. The number of rotatable bonds is 3. The summed E-state index contributed by atoms with van der Waals surface area (Å²) in [6.07, 6.45) is 1.48. The number of pyridine rings is 1. The molecule has 0 bridgehead atoms. The lowest BCUT2D eigenvalue weighted by molar-refractivity contribution is 0.102. The fourth-order valence-electron chi connectivity index (χ4n) is 2.57. The molecule has 124 valence electrons. The quantitative estimate of drug-likeness (QED) is 0.793. The maximum atomic E-state index is 12.5. The van der Waals surface area contributed by atoms with Crippen molar-refractivity contribution in [1.82, 2.24) is 14.8 Å². The van der Waals surface area contributed by atoms with Crippen LogP contribution in [0.15, 0.2) is 30.5 Å². The predicted molar refractivity (Wildman–Crippen MR) is 97.0 cm³/mol. The molecule has 0 aliphatic rings. The Morgan fingerprint density at radius 3 is 2.54 bits per heavy atom. The van der Waals surface area contributed by atoms with Crippen molar-refractivity contribution in [3.8, 4) is 0 Å². The largest absolute Gasteiger partial charge is 0.378 e. The minimum atomic E-state index is -0.296. The predicted octanol–water partition coefficient (Wildman–Crippen LogP) is 3.25. The molecule has 0 spiro atoms. The zero-order valence-electron chi connectivity index (χ0n) is 14.0. The van der Waals surface area contributed by atoms with Crippen molar-refractivity contribution in [1.29, 1.82) is 0 Å². The van der Waals surface area contributed by atoms with E-state index in [1.165, 1.54) is 6.20 Å². The molecule has 0 saturated heterocycles. The fraction of sp³-hybridized carbons (Fsp3) is 0.235. The van der Waals surface area contributed by atoms with Crippen molar-refractivity contribution < 1.29 is 4.79 Å². The first-order valence-electron chi connectivity index (χ1n) is 7.45. The van der Waals surface area contributed by atoms with Crippen LogP contribution in [0.2, 0.25) is 5.02 Å². The molecule has 24 heavy (non-hydrogen) atoms. The summed E-state index contributed by atoms with van der Waals surface area (Å²) >= 11 is 6.43. The Bertz CT molecular complexity index is 915. The maximum Gasteiger partial charge on any atom is 0.258 e. The number of carbonyl (C=O) groups is 1. The Balaban J connectivity index is 1.91. The highest BCUT2D eigenvalue weighted by atomic mass is 35.5. The summed E-state index contributed by atoms with van der Waals surface area (Å²) in [6.45, 7) is 1.84. The number of hydrogen-bond acceptors (Lipinski definition) is 4. The number of carbonyl (C=O) groups excluding carboxylic acids is 1. The third-order valence-corrected chi connectivity index (χ3v) is 4.24. The van der Waals surface area contributed by atoms with Crippen LogP contribution in [-0.2, 0) is 7.05 Å².